The Morgan fingerprint density at radius 2 is 2.04 bits per heavy atom. The van der Waals surface area contributed by atoms with Gasteiger partial charge >= 0.3 is 6.18 Å². The van der Waals surface area contributed by atoms with Crippen LogP contribution in [0.2, 0.25) is 0 Å². The van der Waals surface area contributed by atoms with Crippen LogP contribution < -0.4 is 0 Å². The second kappa shape index (κ2) is 6.14. The number of hydrogen-bond acceptors (Lipinski definition) is 2. The number of hydrogen-bond donors (Lipinski definition) is 1. The lowest BCUT2D eigenvalue weighted by molar-refractivity contribution is -0.137. The van der Waals surface area contributed by atoms with Crippen molar-refractivity contribution >= 4 is 0 Å². The van der Waals surface area contributed by atoms with Gasteiger partial charge in [0.2, 0.25) is 0 Å². The maximum absolute atomic E-state index is 12.9. The third kappa shape index (κ3) is 3.20. The molecule has 2 heterocycles. The number of benzene rings is 1. The topological polar surface area (TPSA) is 46.5 Å². The van der Waals surface area contributed by atoms with E-state index in [-0.39, 0.29) is 0 Å². The molecule has 3 aromatic rings. The molecule has 0 aliphatic carbocycles. The molecule has 0 radical (unpaired) electrons. The van der Waals surface area contributed by atoms with E-state index in [9.17, 15) is 13.2 Å². The van der Waals surface area contributed by atoms with E-state index in [2.05, 4.69) is 15.0 Å². The highest BCUT2D eigenvalue weighted by atomic mass is 19.4. The maximum atomic E-state index is 12.9. The van der Waals surface area contributed by atoms with E-state index < -0.39 is 11.7 Å². The molecule has 0 saturated heterocycles. The molecule has 4 nitrogen and oxygen atoms in total. The van der Waals surface area contributed by atoms with E-state index in [0.29, 0.717) is 17.9 Å². The van der Waals surface area contributed by atoms with Gasteiger partial charge in [-0.3, -0.25) is 0 Å². The molecular weight excluding hydrogens is 317 g/mol. The Hall–Kier alpha value is -2.57. The molecule has 0 aliphatic rings. The molecule has 1 aromatic carbocycles. The highest BCUT2D eigenvalue weighted by Gasteiger charge is 2.30. The van der Waals surface area contributed by atoms with Crippen LogP contribution in [0, 0.1) is 6.92 Å². The molecule has 126 valence electrons. The van der Waals surface area contributed by atoms with Crippen LogP contribution in [0.5, 0.6) is 0 Å². The summed E-state index contributed by atoms with van der Waals surface area (Å²) in [6.07, 6.45) is -0.199. The summed E-state index contributed by atoms with van der Waals surface area (Å²) in [6.45, 7) is 4.20. The summed E-state index contributed by atoms with van der Waals surface area (Å²) in [4.78, 5) is 12.0. The summed E-state index contributed by atoms with van der Waals surface area (Å²) >= 11 is 0. The van der Waals surface area contributed by atoms with Gasteiger partial charge in [-0.05, 0) is 24.6 Å². The SMILES string of the molecule is CCc1nc(-c2nccn2Cc2cccc(C(F)(F)F)c2)c(C)[nH]1. The van der Waals surface area contributed by atoms with Crippen LogP contribution in [0.3, 0.4) is 0 Å². The minimum Gasteiger partial charge on any atom is -0.345 e. The second-order valence-corrected chi connectivity index (χ2v) is 5.59. The molecule has 0 atom stereocenters. The Balaban J connectivity index is 1.93. The molecule has 24 heavy (non-hydrogen) atoms. The standard InChI is InChI=1S/C17H17F3N4/c1-3-14-22-11(2)15(23-14)16-21-7-8-24(16)10-12-5-4-6-13(9-12)17(18,19)20/h4-9H,3,10H2,1-2H3,(H,22,23). The van der Waals surface area contributed by atoms with E-state index >= 15 is 0 Å². The number of aromatic amines is 1. The van der Waals surface area contributed by atoms with Crippen molar-refractivity contribution < 1.29 is 13.2 Å². The van der Waals surface area contributed by atoms with Gasteiger partial charge in [-0.2, -0.15) is 13.2 Å². The molecule has 7 heteroatoms. The van der Waals surface area contributed by atoms with Crippen molar-refractivity contribution in [2.24, 2.45) is 0 Å². The summed E-state index contributed by atoms with van der Waals surface area (Å²) in [6, 6.07) is 5.33. The van der Waals surface area contributed by atoms with Crippen molar-refractivity contribution in [1.82, 2.24) is 19.5 Å². The number of alkyl halides is 3. The Morgan fingerprint density at radius 3 is 2.71 bits per heavy atom. The average molecular weight is 334 g/mol. The van der Waals surface area contributed by atoms with Crippen LogP contribution in [-0.2, 0) is 19.1 Å². The number of rotatable bonds is 4. The van der Waals surface area contributed by atoms with Gasteiger partial charge in [0.25, 0.3) is 0 Å². The van der Waals surface area contributed by atoms with Crippen LogP contribution in [-0.4, -0.2) is 19.5 Å². The number of nitrogens with zero attached hydrogens (tertiary/aromatic N) is 3. The molecule has 0 amide bonds. The number of imidazole rings is 2. The summed E-state index contributed by atoms with van der Waals surface area (Å²) in [5.41, 5.74) is 1.53. The van der Waals surface area contributed by atoms with Crippen molar-refractivity contribution in [3.63, 3.8) is 0 Å². The van der Waals surface area contributed by atoms with E-state index in [1.165, 1.54) is 12.1 Å². The molecular formula is C17H17F3N4. The van der Waals surface area contributed by atoms with Gasteiger partial charge in [0.15, 0.2) is 5.82 Å². The first-order valence-electron chi connectivity index (χ1n) is 7.61. The van der Waals surface area contributed by atoms with Crippen molar-refractivity contribution in [2.45, 2.75) is 33.0 Å². The van der Waals surface area contributed by atoms with E-state index in [1.807, 2.05) is 13.8 Å². The van der Waals surface area contributed by atoms with Gasteiger partial charge in [0.1, 0.15) is 11.5 Å². The lowest BCUT2D eigenvalue weighted by atomic mass is 10.1. The summed E-state index contributed by atoms with van der Waals surface area (Å²) in [7, 11) is 0. The molecule has 1 N–H and O–H groups in total. The highest BCUT2D eigenvalue weighted by Crippen LogP contribution is 2.30. The number of halogens is 3. The Kier molecular flexibility index (Phi) is 4.17. The first-order valence-corrected chi connectivity index (χ1v) is 7.61. The van der Waals surface area contributed by atoms with E-state index in [0.717, 1.165) is 29.7 Å². The number of nitrogens with one attached hydrogen (secondary N) is 1. The molecule has 2 aromatic heterocycles. The molecule has 0 fully saturated rings. The van der Waals surface area contributed by atoms with E-state index in [4.69, 9.17) is 0 Å². The van der Waals surface area contributed by atoms with Gasteiger partial charge in [-0.1, -0.05) is 19.1 Å². The fourth-order valence-corrected chi connectivity index (χ4v) is 2.60. The Morgan fingerprint density at radius 1 is 1.25 bits per heavy atom. The average Bonchev–Trinajstić information content (AvgIpc) is 3.12. The van der Waals surface area contributed by atoms with Crippen LogP contribution in [0.15, 0.2) is 36.7 Å². The fourth-order valence-electron chi connectivity index (χ4n) is 2.60. The zero-order valence-corrected chi connectivity index (χ0v) is 13.4. The molecule has 0 spiro atoms. The van der Waals surface area contributed by atoms with Crippen LogP contribution in [0.1, 0.15) is 29.6 Å². The van der Waals surface area contributed by atoms with Crippen molar-refractivity contribution in [2.75, 3.05) is 0 Å². The maximum Gasteiger partial charge on any atom is 0.416 e. The van der Waals surface area contributed by atoms with Crippen LogP contribution in [0.25, 0.3) is 11.5 Å². The fraction of sp³-hybridized carbons (Fsp3) is 0.294. The van der Waals surface area contributed by atoms with Crippen molar-refractivity contribution in [1.29, 1.82) is 0 Å². The molecule has 0 unspecified atom stereocenters. The first kappa shape index (κ1) is 16.3. The highest BCUT2D eigenvalue weighted by molar-refractivity contribution is 5.54. The Bertz CT molecular complexity index is 846. The summed E-state index contributed by atoms with van der Waals surface area (Å²) in [5, 5.41) is 0. The van der Waals surface area contributed by atoms with Gasteiger partial charge in [-0.25, -0.2) is 9.97 Å². The predicted octanol–water partition coefficient (Wildman–Crippen LogP) is 4.21. The molecule has 0 aliphatic heterocycles. The molecule has 0 bridgehead atoms. The third-order valence-corrected chi connectivity index (χ3v) is 3.80. The monoisotopic (exact) mass is 334 g/mol. The lowest BCUT2D eigenvalue weighted by Crippen LogP contribution is -2.07. The number of aryl methyl sites for hydroxylation is 2. The van der Waals surface area contributed by atoms with Gasteiger partial charge in [0.05, 0.1) is 5.56 Å². The molecule has 3 rings (SSSR count). The smallest absolute Gasteiger partial charge is 0.345 e. The number of aromatic nitrogens is 4. The van der Waals surface area contributed by atoms with Crippen molar-refractivity contribution in [3.05, 3.63) is 59.3 Å². The lowest BCUT2D eigenvalue weighted by Gasteiger charge is -2.10. The summed E-state index contributed by atoms with van der Waals surface area (Å²) in [5.74, 6) is 1.50. The minimum atomic E-state index is -4.34. The Labute approximate surface area is 137 Å². The number of H-pyrrole nitrogens is 1. The van der Waals surface area contributed by atoms with E-state index in [1.54, 1.807) is 23.0 Å². The normalized spacial score (nSPS) is 11.9. The largest absolute Gasteiger partial charge is 0.416 e. The minimum absolute atomic E-state index is 0.299. The van der Waals surface area contributed by atoms with Gasteiger partial charge in [0, 0.05) is 31.1 Å². The molecule has 0 saturated carbocycles. The van der Waals surface area contributed by atoms with Gasteiger partial charge < -0.3 is 9.55 Å². The van der Waals surface area contributed by atoms with Crippen LogP contribution >= 0.6 is 0 Å². The first-order chi connectivity index (χ1) is 11.4. The zero-order valence-electron chi connectivity index (χ0n) is 13.4. The second-order valence-electron chi connectivity index (χ2n) is 5.59. The third-order valence-electron chi connectivity index (χ3n) is 3.80. The van der Waals surface area contributed by atoms with Gasteiger partial charge in [-0.15, -0.1) is 0 Å². The zero-order chi connectivity index (χ0) is 17.3. The summed E-state index contributed by atoms with van der Waals surface area (Å²) < 4.78 is 40.4. The van der Waals surface area contributed by atoms with Crippen LogP contribution in [0.4, 0.5) is 13.2 Å². The predicted molar refractivity (Wildman–Crippen MR) is 84.5 cm³/mol. The van der Waals surface area contributed by atoms with Crippen molar-refractivity contribution in [3.8, 4) is 11.5 Å². The quantitative estimate of drug-likeness (QED) is 0.777.